The van der Waals surface area contributed by atoms with Gasteiger partial charge in [0.15, 0.2) is 0 Å². The fourth-order valence-corrected chi connectivity index (χ4v) is 1.93. The Bertz CT molecular complexity index is 414. The molecule has 2 rings (SSSR count). The van der Waals surface area contributed by atoms with Crippen LogP contribution in [0.15, 0.2) is 18.2 Å². The first kappa shape index (κ1) is 11.7. The summed E-state index contributed by atoms with van der Waals surface area (Å²) in [5.41, 5.74) is 0.247. The quantitative estimate of drug-likeness (QED) is 0.782. The predicted molar refractivity (Wildman–Crippen MR) is 63.4 cm³/mol. The lowest BCUT2D eigenvalue weighted by Gasteiger charge is -2.28. The van der Waals surface area contributed by atoms with Crippen LogP contribution in [0.2, 0.25) is 0 Å². The number of amides is 1. The Hall–Kier alpha value is -1.75. The van der Waals surface area contributed by atoms with Gasteiger partial charge in [0, 0.05) is 26.2 Å². The molecule has 0 aliphatic carbocycles. The van der Waals surface area contributed by atoms with Gasteiger partial charge in [-0.05, 0) is 12.1 Å². The molecule has 2 N–H and O–H groups in total. The van der Waals surface area contributed by atoms with Crippen molar-refractivity contribution < 1.29 is 14.6 Å². The van der Waals surface area contributed by atoms with Gasteiger partial charge in [0.2, 0.25) is 0 Å². The summed E-state index contributed by atoms with van der Waals surface area (Å²) < 4.78 is 5.11. The molecular formula is C12H16N2O3. The lowest BCUT2D eigenvalue weighted by molar-refractivity contribution is 0.0729. The van der Waals surface area contributed by atoms with E-state index in [4.69, 9.17) is 4.74 Å². The smallest absolute Gasteiger partial charge is 0.261 e. The number of carbonyl (C=O) groups is 1. The minimum Gasteiger partial charge on any atom is -0.507 e. The topological polar surface area (TPSA) is 61.8 Å². The van der Waals surface area contributed by atoms with Crippen LogP contribution < -0.4 is 10.1 Å². The van der Waals surface area contributed by atoms with E-state index < -0.39 is 0 Å². The summed E-state index contributed by atoms with van der Waals surface area (Å²) in [5.74, 6) is 0.197. The standard InChI is InChI=1S/C12H16N2O3/c1-17-10-4-2-3-9(15)11(10)12(16)14-7-5-13-6-8-14/h2-4,13,15H,5-8H2,1H3. The van der Waals surface area contributed by atoms with E-state index in [1.807, 2.05) is 0 Å². The minimum atomic E-state index is -0.179. The van der Waals surface area contributed by atoms with E-state index >= 15 is 0 Å². The number of carbonyl (C=O) groups excluding carboxylic acids is 1. The van der Waals surface area contributed by atoms with E-state index in [0.29, 0.717) is 18.8 Å². The van der Waals surface area contributed by atoms with E-state index in [9.17, 15) is 9.90 Å². The number of piperazine rings is 1. The highest BCUT2D eigenvalue weighted by molar-refractivity contribution is 5.99. The van der Waals surface area contributed by atoms with Crippen molar-refractivity contribution in [1.82, 2.24) is 10.2 Å². The second-order valence-electron chi connectivity index (χ2n) is 3.90. The van der Waals surface area contributed by atoms with Crippen LogP contribution >= 0.6 is 0 Å². The predicted octanol–water partition coefficient (Wildman–Crippen LogP) is 0.446. The second-order valence-corrected chi connectivity index (χ2v) is 3.90. The summed E-state index contributed by atoms with van der Waals surface area (Å²) in [6.45, 7) is 2.86. The summed E-state index contributed by atoms with van der Waals surface area (Å²) in [7, 11) is 1.49. The molecule has 1 aliphatic rings. The molecule has 1 saturated heterocycles. The molecule has 1 fully saturated rings. The number of hydrogen-bond donors (Lipinski definition) is 2. The molecule has 0 unspecified atom stereocenters. The Morgan fingerprint density at radius 2 is 2.12 bits per heavy atom. The minimum absolute atomic E-state index is 0.0344. The number of aromatic hydroxyl groups is 1. The Morgan fingerprint density at radius 1 is 1.41 bits per heavy atom. The average molecular weight is 236 g/mol. The number of phenols is 1. The SMILES string of the molecule is COc1cccc(O)c1C(=O)N1CCNCC1. The number of hydrogen-bond acceptors (Lipinski definition) is 4. The van der Waals surface area contributed by atoms with Crippen molar-refractivity contribution in [3.63, 3.8) is 0 Å². The van der Waals surface area contributed by atoms with Crippen molar-refractivity contribution in [2.75, 3.05) is 33.3 Å². The second kappa shape index (κ2) is 5.05. The van der Waals surface area contributed by atoms with Crippen molar-refractivity contribution in [3.8, 4) is 11.5 Å². The highest BCUT2D eigenvalue weighted by Gasteiger charge is 2.23. The van der Waals surface area contributed by atoms with Crippen molar-refractivity contribution in [1.29, 1.82) is 0 Å². The number of phenolic OH excluding ortho intramolecular Hbond substituents is 1. The van der Waals surface area contributed by atoms with Gasteiger partial charge in [0.05, 0.1) is 7.11 Å². The van der Waals surface area contributed by atoms with Crippen molar-refractivity contribution >= 4 is 5.91 Å². The van der Waals surface area contributed by atoms with Crippen LogP contribution in [0.1, 0.15) is 10.4 Å². The van der Waals surface area contributed by atoms with Gasteiger partial charge in [-0.25, -0.2) is 0 Å². The van der Waals surface area contributed by atoms with Gasteiger partial charge < -0.3 is 20.1 Å². The Morgan fingerprint density at radius 3 is 2.76 bits per heavy atom. The number of ether oxygens (including phenoxy) is 1. The first-order valence-corrected chi connectivity index (χ1v) is 5.60. The maximum Gasteiger partial charge on any atom is 0.261 e. The molecule has 0 aromatic heterocycles. The Balaban J connectivity index is 2.29. The first-order valence-electron chi connectivity index (χ1n) is 5.60. The van der Waals surface area contributed by atoms with Gasteiger partial charge in [-0.1, -0.05) is 6.07 Å². The number of rotatable bonds is 2. The van der Waals surface area contributed by atoms with Crippen LogP contribution in [0, 0.1) is 0 Å². The van der Waals surface area contributed by atoms with Crippen LogP contribution in [0.25, 0.3) is 0 Å². The van der Waals surface area contributed by atoms with E-state index in [2.05, 4.69) is 5.32 Å². The zero-order valence-electron chi connectivity index (χ0n) is 9.77. The van der Waals surface area contributed by atoms with Crippen molar-refractivity contribution in [2.45, 2.75) is 0 Å². The summed E-state index contributed by atoms with van der Waals surface area (Å²) in [5, 5.41) is 13.0. The zero-order valence-corrected chi connectivity index (χ0v) is 9.77. The van der Waals surface area contributed by atoms with Gasteiger partial charge in [-0.2, -0.15) is 0 Å². The summed E-state index contributed by atoms with van der Waals surface area (Å²) in [6, 6.07) is 4.83. The van der Waals surface area contributed by atoms with E-state index in [0.717, 1.165) is 13.1 Å². The molecule has 17 heavy (non-hydrogen) atoms. The zero-order chi connectivity index (χ0) is 12.3. The van der Waals surface area contributed by atoms with Gasteiger partial charge in [-0.3, -0.25) is 4.79 Å². The molecule has 0 saturated carbocycles. The number of nitrogens with one attached hydrogen (secondary N) is 1. The third-order valence-electron chi connectivity index (χ3n) is 2.84. The lowest BCUT2D eigenvalue weighted by Crippen LogP contribution is -2.46. The number of methoxy groups -OCH3 is 1. The summed E-state index contributed by atoms with van der Waals surface area (Å²) in [4.78, 5) is 14.0. The molecule has 92 valence electrons. The van der Waals surface area contributed by atoms with Crippen molar-refractivity contribution in [2.24, 2.45) is 0 Å². The largest absolute Gasteiger partial charge is 0.507 e. The molecule has 5 heteroatoms. The molecule has 1 aromatic carbocycles. The van der Waals surface area contributed by atoms with Gasteiger partial charge in [0.1, 0.15) is 17.1 Å². The van der Waals surface area contributed by atoms with Crippen LogP contribution in [0.5, 0.6) is 11.5 Å². The van der Waals surface area contributed by atoms with Crippen LogP contribution in [-0.4, -0.2) is 49.2 Å². The molecule has 0 radical (unpaired) electrons. The molecule has 0 spiro atoms. The van der Waals surface area contributed by atoms with Gasteiger partial charge in [0.25, 0.3) is 5.91 Å². The number of benzene rings is 1. The highest BCUT2D eigenvalue weighted by atomic mass is 16.5. The van der Waals surface area contributed by atoms with Crippen molar-refractivity contribution in [3.05, 3.63) is 23.8 Å². The summed E-state index contributed by atoms with van der Waals surface area (Å²) >= 11 is 0. The van der Waals surface area contributed by atoms with Crippen LogP contribution in [-0.2, 0) is 0 Å². The molecular weight excluding hydrogens is 220 g/mol. The molecule has 0 atom stereocenters. The maximum absolute atomic E-state index is 12.3. The lowest BCUT2D eigenvalue weighted by atomic mass is 10.1. The third kappa shape index (κ3) is 2.34. The van der Waals surface area contributed by atoms with Crippen LogP contribution in [0.3, 0.4) is 0 Å². The van der Waals surface area contributed by atoms with Crippen LogP contribution in [0.4, 0.5) is 0 Å². The molecule has 5 nitrogen and oxygen atoms in total. The fourth-order valence-electron chi connectivity index (χ4n) is 1.93. The van der Waals surface area contributed by atoms with E-state index in [1.165, 1.54) is 13.2 Å². The van der Waals surface area contributed by atoms with Gasteiger partial charge in [-0.15, -0.1) is 0 Å². The third-order valence-corrected chi connectivity index (χ3v) is 2.84. The molecule has 1 aliphatic heterocycles. The van der Waals surface area contributed by atoms with Gasteiger partial charge >= 0.3 is 0 Å². The van der Waals surface area contributed by atoms with E-state index in [-0.39, 0.29) is 17.2 Å². The van der Waals surface area contributed by atoms with E-state index in [1.54, 1.807) is 17.0 Å². The first-order chi connectivity index (χ1) is 8.24. The Kier molecular flexibility index (Phi) is 3.49. The normalized spacial score (nSPS) is 15.7. The molecule has 1 heterocycles. The maximum atomic E-state index is 12.3. The highest BCUT2D eigenvalue weighted by Crippen LogP contribution is 2.28. The number of nitrogens with zero attached hydrogens (tertiary/aromatic N) is 1. The average Bonchev–Trinajstić information content (AvgIpc) is 2.38. The monoisotopic (exact) mass is 236 g/mol. The fraction of sp³-hybridized carbons (Fsp3) is 0.417. The molecule has 1 amide bonds. The molecule has 0 bridgehead atoms. The Labute approximate surface area is 100.0 Å². The summed E-state index contributed by atoms with van der Waals surface area (Å²) in [6.07, 6.45) is 0. The molecule has 1 aromatic rings.